The molecule has 21 heavy (non-hydrogen) atoms. The fourth-order valence-corrected chi connectivity index (χ4v) is 3.50. The molecule has 0 saturated carbocycles. The Bertz CT molecular complexity index is 550. The van der Waals surface area contributed by atoms with Gasteiger partial charge < -0.3 is 9.64 Å². The highest BCUT2D eigenvalue weighted by atomic mass is 32.1. The Morgan fingerprint density at radius 1 is 1.14 bits per heavy atom. The van der Waals surface area contributed by atoms with Gasteiger partial charge in [0.2, 0.25) is 0 Å². The first-order valence-electron chi connectivity index (χ1n) is 7.34. The molecule has 4 nitrogen and oxygen atoms in total. The predicted octanol–water partition coefficient (Wildman–Crippen LogP) is 2.58. The molecule has 2 heterocycles. The number of piperazine rings is 1. The summed E-state index contributed by atoms with van der Waals surface area (Å²) in [7, 11) is 1.76. The van der Waals surface area contributed by atoms with Gasteiger partial charge in [-0.2, -0.15) is 0 Å². The van der Waals surface area contributed by atoms with Crippen molar-refractivity contribution in [3.05, 3.63) is 36.5 Å². The van der Waals surface area contributed by atoms with Crippen LogP contribution in [0.4, 0.5) is 5.13 Å². The summed E-state index contributed by atoms with van der Waals surface area (Å²) in [5.74, 6) is 0. The molecule has 0 amide bonds. The molecular formula is C16H21N3OS. The molecule has 1 aromatic carbocycles. The Balaban J connectivity index is 1.60. The van der Waals surface area contributed by atoms with Crippen molar-refractivity contribution in [2.45, 2.75) is 0 Å². The average molecular weight is 303 g/mol. The average Bonchev–Trinajstić information content (AvgIpc) is 3.04. The lowest BCUT2D eigenvalue weighted by Crippen LogP contribution is -2.47. The largest absolute Gasteiger partial charge is 0.383 e. The summed E-state index contributed by atoms with van der Waals surface area (Å²) >= 11 is 1.78. The predicted molar refractivity (Wildman–Crippen MR) is 88.1 cm³/mol. The van der Waals surface area contributed by atoms with Crippen molar-refractivity contribution in [2.75, 3.05) is 51.3 Å². The van der Waals surface area contributed by atoms with Crippen molar-refractivity contribution in [2.24, 2.45) is 0 Å². The van der Waals surface area contributed by atoms with Gasteiger partial charge in [-0.05, 0) is 5.56 Å². The van der Waals surface area contributed by atoms with Crippen LogP contribution in [-0.4, -0.2) is 56.3 Å². The highest BCUT2D eigenvalue weighted by Crippen LogP contribution is 2.31. The van der Waals surface area contributed by atoms with Crippen molar-refractivity contribution >= 4 is 16.5 Å². The van der Waals surface area contributed by atoms with Gasteiger partial charge in [0.05, 0.1) is 11.5 Å². The second kappa shape index (κ2) is 7.02. The second-order valence-electron chi connectivity index (χ2n) is 5.19. The van der Waals surface area contributed by atoms with E-state index in [2.05, 4.69) is 39.0 Å². The number of ether oxygens (including phenoxy) is 1. The van der Waals surface area contributed by atoms with Gasteiger partial charge in [-0.3, -0.25) is 4.90 Å². The number of benzene rings is 1. The number of methoxy groups -OCH3 is 1. The molecule has 0 unspecified atom stereocenters. The molecule has 0 aliphatic carbocycles. The molecule has 5 heteroatoms. The van der Waals surface area contributed by atoms with E-state index in [1.165, 1.54) is 10.4 Å². The number of aromatic nitrogens is 1. The normalized spacial score (nSPS) is 16.3. The van der Waals surface area contributed by atoms with Crippen LogP contribution in [0.3, 0.4) is 0 Å². The van der Waals surface area contributed by atoms with Crippen LogP contribution in [0.15, 0.2) is 36.5 Å². The van der Waals surface area contributed by atoms with Gasteiger partial charge in [0.25, 0.3) is 0 Å². The van der Waals surface area contributed by atoms with E-state index < -0.39 is 0 Å². The second-order valence-corrected chi connectivity index (χ2v) is 6.20. The van der Waals surface area contributed by atoms with Gasteiger partial charge in [-0.15, -0.1) is 0 Å². The summed E-state index contributed by atoms with van der Waals surface area (Å²) in [6.07, 6.45) is 1.99. The van der Waals surface area contributed by atoms with Gasteiger partial charge in [0, 0.05) is 46.0 Å². The topological polar surface area (TPSA) is 28.6 Å². The monoisotopic (exact) mass is 303 g/mol. The zero-order valence-corrected chi connectivity index (χ0v) is 13.2. The highest BCUT2D eigenvalue weighted by molar-refractivity contribution is 7.18. The maximum Gasteiger partial charge on any atom is 0.185 e. The van der Waals surface area contributed by atoms with Crippen LogP contribution >= 0.6 is 11.3 Å². The molecule has 112 valence electrons. The van der Waals surface area contributed by atoms with E-state index in [0.717, 1.165) is 44.5 Å². The number of anilines is 1. The molecule has 0 bridgehead atoms. The SMILES string of the molecule is COCCN1CCN(c2ncc(-c3ccccc3)s2)CC1. The maximum absolute atomic E-state index is 5.14. The third kappa shape index (κ3) is 3.61. The minimum atomic E-state index is 0.815. The van der Waals surface area contributed by atoms with E-state index in [0.29, 0.717) is 0 Å². The highest BCUT2D eigenvalue weighted by Gasteiger charge is 2.19. The standard InChI is InChI=1S/C16H21N3OS/c1-20-12-11-18-7-9-19(10-8-18)16-17-13-15(21-16)14-5-3-2-4-6-14/h2-6,13H,7-12H2,1H3. The van der Waals surface area contributed by atoms with Crippen molar-refractivity contribution in [1.82, 2.24) is 9.88 Å². The fourth-order valence-electron chi connectivity index (χ4n) is 2.53. The van der Waals surface area contributed by atoms with Crippen LogP contribution in [-0.2, 0) is 4.74 Å². The van der Waals surface area contributed by atoms with Gasteiger partial charge >= 0.3 is 0 Å². The van der Waals surface area contributed by atoms with E-state index in [9.17, 15) is 0 Å². The molecular weight excluding hydrogens is 282 g/mol. The van der Waals surface area contributed by atoms with Crippen molar-refractivity contribution in [1.29, 1.82) is 0 Å². The first kappa shape index (κ1) is 14.5. The number of hydrogen-bond donors (Lipinski definition) is 0. The van der Waals surface area contributed by atoms with Crippen LogP contribution < -0.4 is 4.90 Å². The molecule has 0 radical (unpaired) electrons. The molecule has 2 aromatic rings. The smallest absolute Gasteiger partial charge is 0.185 e. The summed E-state index contributed by atoms with van der Waals surface area (Å²) in [5.41, 5.74) is 1.25. The Labute approximate surface area is 130 Å². The maximum atomic E-state index is 5.14. The summed E-state index contributed by atoms with van der Waals surface area (Å²) in [4.78, 5) is 10.7. The van der Waals surface area contributed by atoms with Crippen LogP contribution in [0.5, 0.6) is 0 Å². The molecule has 0 atom stereocenters. The third-order valence-corrected chi connectivity index (χ3v) is 4.91. The fraction of sp³-hybridized carbons (Fsp3) is 0.438. The van der Waals surface area contributed by atoms with Gasteiger partial charge in [0.1, 0.15) is 0 Å². The Morgan fingerprint density at radius 3 is 2.62 bits per heavy atom. The summed E-state index contributed by atoms with van der Waals surface area (Å²) in [6, 6.07) is 10.5. The Hall–Kier alpha value is -1.43. The zero-order chi connectivity index (χ0) is 14.5. The summed E-state index contributed by atoms with van der Waals surface area (Å²) in [6.45, 7) is 6.11. The first-order chi connectivity index (χ1) is 10.4. The van der Waals surface area contributed by atoms with Crippen molar-refractivity contribution in [3.63, 3.8) is 0 Å². The summed E-state index contributed by atoms with van der Waals surface area (Å²) < 4.78 is 5.14. The van der Waals surface area contributed by atoms with Crippen LogP contribution in [0.25, 0.3) is 10.4 Å². The molecule has 0 N–H and O–H groups in total. The molecule has 1 saturated heterocycles. The zero-order valence-electron chi connectivity index (χ0n) is 12.4. The van der Waals surface area contributed by atoms with E-state index in [1.807, 2.05) is 12.3 Å². The molecule has 1 aliphatic rings. The number of nitrogens with zero attached hydrogens (tertiary/aromatic N) is 3. The quantitative estimate of drug-likeness (QED) is 0.849. The van der Waals surface area contributed by atoms with Crippen LogP contribution in [0.1, 0.15) is 0 Å². The minimum Gasteiger partial charge on any atom is -0.383 e. The van der Waals surface area contributed by atoms with E-state index in [-0.39, 0.29) is 0 Å². The van der Waals surface area contributed by atoms with Gasteiger partial charge in [-0.25, -0.2) is 4.98 Å². The lowest BCUT2D eigenvalue weighted by molar-refractivity contribution is 0.144. The van der Waals surface area contributed by atoms with E-state index in [1.54, 1.807) is 18.4 Å². The number of hydrogen-bond acceptors (Lipinski definition) is 5. The molecule has 3 rings (SSSR count). The van der Waals surface area contributed by atoms with Crippen molar-refractivity contribution < 1.29 is 4.74 Å². The third-order valence-electron chi connectivity index (χ3n) is 3.81. The Morgan fingerprint density at radius 2 is 1.90 bits per heavy atom. The molecule has 1 fully saturated rings. The molecule has 1 aromatic heterocycles. The van der Waals surface area contributed by atoms with Gasteiger partial charge in [0.15, 0.2) is 5.13 Å². The minimum absolute atomic E-state index is 0.815. The lowest BCUT2D eigenvalue weighted by atomic mass is 10.2. The Kier molecular flexibility index (Phi) is 4.85. The van der Waals surface area contributed by atoms with Gasteiger partial charge in [-0.1, -0.05) is 41.7 Å². The number of thiazole rings is 1. The first-order valence-corrected chi connectivity index (χ1v) is 8.16. The van der Waals surface area contributed by atoms with E-state index >= 15 is 0 Å². The molecule has 0 spiro atoms. The number of rotatable bonds is 5. The van der Waals surface area contributed by atoms with E-state index in [4.69, 9.17) is 4.74 Å². The lowest BCUT2D eigenvalue weighted by Gasteiger charge is -2.34. The van der Waals surface area contributed by atoms with Crippen molar-refractivity contribution in [3.8, 4) is 10.4 Å². The van der Waals surface area contributed by atoms with Crippen LogP contribution in [0.2, 0.25) is 0 Å². The van der Waals surface area contributed by atoms with Crippen LogP contribution in [0, 0.1) is 0 Å². The molecule has 1 aliphatic heterocycles. The summed E-state index contributed by atoms with van der Waals surface area (Å²) in [5, 5.41) is 1.14.